The molecule has 110 valence electrons. The van der Waals surface area contributed by atoms with E-state index in [9.17, 15) is 9.90 Å². The van der Waals surface area contributed by atoms with E-state index in [1.807, 2.05) is 18.2 Å². The normalized spacial score (nSPS) is 19.5. The van der Waals surface area contributed by atoms with Crippen LogP contribution in [-0.4, -0.2) is 29.7 Å². The van der Waals surface area contributed by atoms with Gasteiger partial charge in [-0.25, -0.2) is 0 Å². The van der Waals surface area contributed by atoms with E-state index < -0.39 is 5.43 Å². The molecule has 1 aliphatic rings. The van der Waals surface area contributed by atoms with Crippen molar-refractivity contribution in [2.24, 2.45) is 0 Å². The van der Waals surface area contributed by atoms with Crippen LogP contribution in [0.3, 0.4) is 0 Å². The molecule has 21 heavy (non-hydrogen) atoms. The zero-order chi connectivity index (χ0) is 14.7. The predicted octanol–water partition coefficient (Wildman–Crippen LogP) is 1.92. The van der Waals surface area contributed by atoms with E-state index in [0.29, 0.717) is 18.9 Å². The summed E-state index contributed by atoms with van der Waals surface area (Å²) in [5, 5.41) is 9.20. The van der Waals surface area contributed by atoms with Crippen LogP contribution in [0.4, 0.5) is 0 Å². The lowest BCUT2D eigenvalue weighted by Gasteiger charge is -2.32. The van der Waals surface area contributed by atoms with E-state index in [0.717, 1.165) is 24.9 Å². The van der Waals surface area contributed by atoms with Crippen molar-refractivity contribution in [2.45, 2.75) is 12.6 Å². The van der Waals surface area contributed by atoms with Gasteiger partial charge < -0.3 is 14.3 Å². The summed E-state index contributed by atoms with van der Waals surface area (Å²) in [5.41, 5.74) is 0.735. The van der Waals surface area contributed by atoms with Gasteiger partial charge in [-0.2, -0.15) is 0 Å². The second-order valence-electron chi connectivity index (χ2n) is 5.10. The average Bonchev–Trinajstić information content (AvgIpc) is 2.52. The minimum absolute atomic E-state index is 0.0313. The highest BCUT2D eigenvalue weighted by molar-refractivity contribution is 5.19. The monoisotopic (exact) mass is 287 g/mol. The van der Waals surface area contributed by atoms with Gasteiger partial charge in [-0.1, -0.05) is 30.3 Å². The maximum atomic E-state index is 11.4. The van der Waals surface area contributed by atoms with Crippen molar-refractivity contribution < 1.29 is 14.3 Å². The lowest BCUT2D eigenvalue weighted by atomic mass is 10.1. The Labute approximate surface area is 122 Å². The third kappa shape index (κ3) is 3.32. The molecule has 1 N–H and O–H groups in total. The molecular formula is C16H17NO4. The summed E-state index contributed by atoms with van der Waals surface area (Å²) in [7, 11) is 0. The van der Waals surface area contributed by atoms with Crippen LogP contribution in [0, 0.1) is 0 Å². The van der Waals surface area contributed by atoms with Crippen LogP contribution in [0.2, 0.25) is 0 Å². The fourth-order valence-corrected chi connectivity index (χ4v) is 2.46. The lowest BCUT2D eigenvalue weighted by Crippen LogP contribution is -2.37. The summed E-state index contributed by atoms with van der Waals surface area (Å²) < 4.78 is 11.1. The Morgan fingerprint density at radius 2 is 2.10 bits per heavy atom. The molecule has 1 atom stereocenters. The molecule has 1 fully saturated rings. The van der Waals surface area contributed by atoms with E-state index in [1.165, 1.54) is 6.07 Å². The van der Waals surface area contributed by atoms with Crippen LogP contribution < -0.4 is 5.43 Å². The molecular weight excluding hydrogens is 270 g/mol. The van der Waals surface area contributed by atoms with E-state index >= 15 is 0 Å². The quantitative estimate of drug-likeness (QED) is 0.934. The molecule has 0 spiro atoms. The lowest BCUT2D eigenvalue weighted by molar-refractivity contribution is -0.0348. The van der Waals surface area contributed by atoms with Crippen LogP contribution in [0.5, 0.6) is 5.75 Å². The second kappa shape index (κ2) is 6.11. The van der Waals surface area contributed by atoms with Crippen LogP contribution in [0.15, 0.2) is 51.9 Å². The Hall–Kier alpha value is -2.11. The van der Waals surface area contributed by atoms with Crippen LogP contribution in [-0.2, 0) is 11.3 Å². The molecule has 3 rings (SSSR count). The van der Waals surface area contributed by atoms with Crippen molar-refractivity contribution in [3.05, 3.63) is 64.2 Å². The third-order valence-corrected chi connectivity index (χ3v) is 3.57. The molecule has 5 heteroatoms. The number of hydrogen-bond acceptors (Lipinski definition) is 5. The number of morpholine rings is 1. The van der Waals surface area contributed by atoms with Crippen molar-refractivity contribution in [3.8, 4) is 5.75 Å². The molecule has 0 aliphatic carbocycles. The Morgan fingerprint density at radius 1 is 1.29 bits per heavy atom. The molecule has 1 saturated heterocycles. The average molecular weight is 287 g/mol. The number of ether oxygens (including phenoxy) is 1. The molecule has 0 bridgehead atoms. The van der Waals surface area contributed by atoms with Gasteiger partial charge in [0.1, 0.15) is 12.0 Å². The molecule has 0 amide bonds. The maximum Gasteiger partial charge on any atom is 0.226 e. The van der Waals surface area contributed by atoms with Gasteiger partial charge in [-0.05, 0) is 5.56 Å². The molecule has 2 aromatic rings. The van der Waals surface area contributed by atoms with Gasteiger partial charge >= 0.3 is 0 Å². The molecule has 1 aromatic carbocycles. The molecule has 1 aliphatic heterocycles. The topological polar surface area (TPSA) is 62.9 Å². The third-order valence-electron chi connectivity index (χ3n) is 3.57. The van der Waals surface area contributed by atoms with Crippen molar-refractivity contribution >= 4 is 0 Å². The van der Waals surface area contributed by atoms with Crippen molar-refractivity contribution in [2.75, 3.05) is 19.7 Å². The van der Waals surface area contributed by atoms with Crippen LogP contribution in [0.1, 0.15) is 17.4 Å². The van der Waals surface area contributed by atoms with E-state index in [4.69, 9.17) is 9.15 Å². The largest absolute Gasteiger partial charge is 0.502 e. The fourth-order valence-electron chi connectivity index (χ4n) is 2.46. The van der Waals surface area contributed by atoms with Gasteiger partial charge in [-0.3, -0.25) is 9.69 Å². The second-order valence-corrected chi connectivity index (χ2v) is 5.10. The van der Waals surface area contributed by atoms with Gasteiger partial charge in [-0.15, -0.1) is 0 Å². The first-order valence-electron chi connectivity index (χ1n) is 6.92. The molecule has 1 aromatic heterocycles. The highest BCUT2D eigenvalue weighted by atomic mass is 16.5. The standard InChI is InChI=1S/C16H17NO4/c18-14-8-13(21-11-15(14)19)9-17-6-7-20-16(10-17)12-4-2-1-3-5-12/h1-5,8,11,16,19H,6-7,9-10H2. The zero-order valence-corrected chi connectivity index (χ0v) is 11.6. The van der Waals surface area contributed by atoms with Gasteiger partial charge in [0.15, 0.2) is 5.75 Å². The SMILES string of the molecule is O=c1cc(CN2CCOC(c3ccccc3)C2)occ1O. The molecule has 2 heterocycles. The van der Waals surface area contributed by atoms with Gasteiger partial charge in [0, 0.05) is 19.2 Å². The highest BCUT2D eigenvalue weighted by Crippen LogP contribution is 2.22. The van der Waals surface area contributed by atoms with E-state index in [-0.39, 0.29) is 11.9 Å². The first-order valence-corrected chi connectivity index (χ1v) is 6.92. The van der Waals surface area contributed by atoms with Gasteiger partial charge in [0.2, 0.25) is 5.43 Å². The van der Waals surface area contributed by atoms with Gasteiger partial charge in [0.25, 0.3) is 0 Å². The molecule has 5 nitrogen and oxygen atoms in total. The summed E-state index contributed by atoms with van der Waals surface area (Å²) in [4.78, 5) is 13.6. The first kappa shape index (κ1) is 13.9. The minimum Gasteiger partial charge on any atom is -0.502 e. The first-order chi connectivity index (χ1) is 10.2. The Kier molecular flexibility index (Phi) is 4.03. The number of nitrogens with zero attached hydrogens (tertiary/aromatic N) is 1. The Bertz CT molecular complexity index is 653. The summed E-state index contributed by atoms with van der Waals surface area (Å²) in [6.45, 7) is 2.70. The Balaban J connectivity index is 1.69. The summed E-state index contributed by atoms with van der Waals surface area (Å²) >= 11 is 0. The number of hydrogen-bond donors (Lipinski definition) is 1. The number of rotatable bonds is 3. The highest BCUT2D eigenvalue weighted by Gasteiger charge is 2.22. The van der Waals surface area contributed by atoms with E-state index in [2.05, 4.69) is 17.0 Å². The zero-order valence-electron chi connectivity index (χ0n) is 11.6. The summed E-state index contributed by atoms with van der Waals surface area (Å²) in [6.07, 6.45) is 1.12. The minimum atomic E-state index is -0.413. The van der Waals surface area contributed by atoms with Crippen molar-refractivity contribution in [1.29, 1.82) is 0 Å². The number of aromatic hydroxyl groups is 1. The molecule has 1 unspecified atom stereocenters. The fraction of sp³-hybridized carbons (Fsp3) is 0.312. The maximum absolute atomic E-state index is 11.4. The van der Waals surface area contributed by atoms with Crippen LogP contribution >= 0.6 is 0 Å². The van der Waals surface area contributed by atoms with Crippen molar-refractivity contribution in [3.63, 3.8) is 0 Å². The van der Waals surface area contributed by atoms with Crippen LogP contribution in [0.25, 0.3) is 0 Å². The summed E-state index contributed by atoms with van der Waals surface area (Å²) in [5.74, 6) is 0.189. The molecule has 0 radical (unpaired) electrons. The van der Waals surface area contributed by atoms with Crippen molar-refractivity contribution in [1.82, 2.24) is 4.90 Å². The predicted molar refractivity (Wildman–Crippen MR) is 77.1 cm³/mol. The smallest absolute Gasteiger partial charge is 0.226 e. The summed E-state index contributed by atoms with van der Waals surface area (Å²) in [6, 6.07) is 11.4. The molecule has 0 saturated carbocycles. The van der Waals surface area contributed by atoms with Gasteiger partial charge in [0.05, 0.1) is 19.3 Å². The van der Waals surface area contributed by atoms with E-state index in [1.54, 1.807) is 0 Å². The Morgan fingerprint density at radius 3 is 2.86 bits per heavy atom. The number of benzene rings is 1.